The highest BCUT2D eigenvalue weighted by Gasteiger charge is 2.38. The minimum Gasteiger partial charge on any atom is -0.480 e. The van der Waals surface area contributed by atoms with Gasteiger partial charge in [0, 0.05) is 5.69 Å². The van der Waals surface area contributed by atoms with Gasteiger partial charge in [0.15, 0.2) is 0 Å². The van der Waals surface area contributed by atoms with Crippen LogP contribution in [0.25, 0.3) is 0 Å². The molecule has 3 unspecified atom stereocenters. The second-order valence-corrected chi connectivity index (χ2v) is 7.41. The lowest BCUT2D eigenvalue weighted by atomic mass is 9.92. The molecular weight excluding hydrogens is 405 g/mol. The van der Waals surface area contributed by atoms with Gasteiger partial charge >= 0.3 is 5.97 Å². The van der Waals surface area contributed by atoms with E-state index in [0.29, 0.717) is 17.7 Å². The molecule has 146 valence electrons. The number of hydrogen-bond donors (Lipinski definition) is 4. The molecule has 0 radical (unpaired) electrons. The minimum atomic E-state index is -1.20. The Morgan fingerprint density at radius 2 is 2.00 bits per heavy atom. The Labute approximate surface area is 170 Å². The van der Waals surface area contributed by atoms with Gasteiger partial charge in [-0.2, -0.15) is 0 Å². The van der Waals surface area contributed by atoms with Crippen LogP contribution in [-0.4, -0.2) is 34.6 Å². The first kappa shape index (κ1) is 20.1. The lowest BCUT2D eigenvalue weighted by Crippen LogP contribution is -2.46. The van der Waals surface area contributed by atoms with Crippen molar-refractivity contribution < 1.29 is 19.5 Å². The van der Waals surface area contributed by atoms with E-state index < -0.39 is 35.5 Å². The van der Waals surface area contributed by atoms with E-state index >= 15 is 0 Å². The van der Waals surface area contributed by atoms with Crippen LogP contribution < -0.4 is 10.6 Å². The van der Waals surface area contributed by atoms with Gasteiger partial charge in [0.25, 0.3) is 5.91 Å². The molecule has 1 aromatic rings. The molecular formula is C19H17Cl2N3O4. The lowest BCUT2D eigenvalue weighted by molar-refractivity contribution is -0.141. The van der Waals surface area contributed by atoms with E-state index in [-0.39, 0.29) is 22.4 Å². The zero-order valence-corrected chi connectivity index (χ0v) is 16.1. The highest BCUT2D eigenvalue weighted by molar-refractivity contribution is 6.46. The number of carbonyl (C=O) groups excluding carboxylic acids is 2. The Balaban J connectivity index is 1.75. The van der Waals surface area contributed by atoms with Crippen LogP contribution in [0.15, 0.2) is 36.4 Å². The van der Waals surface area contributed by atoms with E-state index in [0.717, 1.165) is 0 Å². The second-order valence-electron chi connectivity index (χ2n) is 6.60. The molecule has 0 saturated heterocycles. The smallest absolute Gasteiger partial charge is 0.326 e. The van der Waals surface area contributed by atoms with E-state index in [1.54, 1.807) is 0 Å². The number of carboxylic acid groups (broad SMARTS) is 1. The maximum absolute atomic E-state index is 12.5. The fourth-order valence-electron chi connectivity index (χ4n) is 3.24. The molecule has 7 nitrogen and oxygen atoms in total. The molecule has 1 aliphatic carbocycles. The van der Waals surface area contributed by atoms with Crippen LogP contribution in [-0.2, 0) is 14.4 Å². The van der Waals surface area contributed by atoms with Crippen molar-refractivity contribution in [2.24, 2.45) is 5.92 Å². The molecule has 0 aromatic heterocycles. The first-order valence-corrected chi connectivity index (χ1v) is 9.28. The number of halogens is 2. The molecule has 4 N–H and O–H groups in total. The van der Waals surface area contributed by atoms with Gasteiger partial charge in [0.05, 0.1) is 10.0 Å². The predicted molar refractivity (Wildman–Crippen MR) is 106 cm³/mol. The van der Waals surface area contributed by atoms with Gasteiger partial charge in [-0.15, -0.1) is 0 Å². The fourth-order valence-corrected chi connectivity index (χ4v) is 3.58. The van der Waals surface area contributed by atoms with Crippen molar-refractivity contribution in [1.82, 2.24) is 5.32 Å². The summed E-state index contributed by atoms with van der Waals surface area (Å²) >= 11 is 11.9. The number of hydrogen-bond acceptors (Lipinski definition) is 4. The van der Waals surface area contributed by atoms with Crippen molar-refractivity contribution in [2.45, 2.75) is 24.8 Å². The van der Waals surface area contributed by atoms with Crippen molar-refractivity contribution >= 4 is 52.4 Å². The second kappa shape index (κ2) is 8.16. The number of nitrogens with one attached hydrogen (secondary N) is 3. The van der Waals surface area contributed by atoms with Crippen LogP contribution in [0.4, 0.5) is 5.69 Å². The number of amides is 2. The Hall–Kier alpha value is -2.64. The summed E-state index contributed by atoms with van der Waals surface area (Å²) < 4.78 is 0. The van der Waals surface area contributed by atoms with Crippen LogP contribution in [0, 0.1) is 11.3 Å². The van der Waals surface area contributed by atoms with Gasteiger partial charge in [0.1, 0.15) is 17.7 Å². The molecule has 1 aromatic carbocycles. The predicted octanol–water partition coefficient (Wildman–Crippen LogP) is 3.14. The number of fused-ring (bicyclic) bond motifs is 1. The molecule has 2 aliphatic rings. The zero-order valence-electron chi connectivity index (χ0n) is 14.5. The fraction of sp³-hybridized carbons (Fsp3) is 0.263. The highest BCUT2D eigenvalue weighted by Crippen LogP contribution is 2.38. The first-order valence-electron chi connectivity index (χ1n) is 8.53. The summed E-state index contributed by atoms with van der Waals surface area (Å²) in [6.07, 6.45) is 8.34. The van der Waals surface area contributed by atoms with Gasteiger partial charge in [-0.05, 0) is 36.5 Å². The summed E-state index contributed by atoms with van der Waals surface area (Å²) in [6, 6.07) is 1.70. The van der Waals surface area contributed by atoms with Gasteiger partial charge in [0.2, 0.25) is 5.91 Å². The average molecular weight is 422 g/mol. The third kappa shape index (κ3) is 4.10. The molecule has 2 amide bonds. The number of benzene rings is 1. The van der Waals surface area contributed by atoms with Crippen LogP contribution >= 0.6 is 23.2 Å². The van der Waals surface area contributed by atoms with Crippen molar-refractivity contribution in [3.63, 3.8) is 0 Å². The quantitative estimate of drug-likeness (QED) is 0.527. The number of allylic oxidation sites excluding steroid dienone is 4. The Bertz CT molecular complexity index is 926. The zero-order chi connectivity index (χ0) is 20.4. The molecule has 1 heterocycles. The number of anilines is 1. The van der Waals surface area contributed by atoms with Crippen LogP contribution in [0.5, 0.6) is 0 Å². The van der Waals surface area contributed by atoms with Crippen LogP contribution in [0.3, 0.4) is 0 Å². The standard InChI is InChI=1S/C19H17Cl2N3O4/c20-11-7-10-13(8-12(11)21)23-17(25)15(10)16(22)18(26)24-14(19(27)28)6-9-4-2-1-3-5-9/h1-4,7-9,14-15,22H,5-6H2,(H,23,25)(H,24,26)(H,27,28). The van der Waals surface area contributed by atoms with Crippen LogP contribution in [0.1, 0.15) is 24.3 Å². The lowest BCUT2D eigenvalue weighted by Gasteiger charge is -2.20. The molecule has 3 rings (SSSR count). The Kier molecular flexibility index (Phi) is 5.86. The number of aliphatic carboxylic acids is 1. The molecule has 0 bridgehead atoms. The SMILES string of the molecule is N=C(C(=O)NC(CC1C=CC=CC1)C(=O)O)C1C(=O)Nc2cc(Cl)c(Cl)cc21. The van der Waals surface area contributed by atoms with Crippen molar-refractivity contribution in [3.05, 3.63) is 52.0 Å². The van der Waals surface area contributed by atoms with Gasteiger partial charge < -0.3 is 15.7 Å². The van der Waals surface area contributed by atoms with E-state index in [1.165, 1.54) is 12.1 Å². The van der Waals surface area contributed by atoms with Gasteiger partial charge in [-0.3, -0.25) is 15.0 Å². The summed E-state index contributed by atoms with van der Waals surface area (Å²) in [5.74, 6) is -3.90. The monoisotopic (exact) mass is 421 g/mol. The maximum atomic E-state index is 12.5. The van der Waals surface area contributed by atoms with Gasteiger partial charge in [-0.1, -0.05) is 47.5 Å². The largest absolute Gasteiger partial charge is 0.480 e. The third-order valence-electron chi connectivity index (χ3n) is 4.67. The van der Waals surface area contributed by atoms with E-state index in [9.17, 15) is 19.5 Å². The number of carbonyl (C=O) groups is 3. The Morgan fingerprint density at radius 3 is 2.64 bits per heavy atom. The summed E-state index contributed by atoms with van der Waals surface area (Å²) in [4.78, 5) is 36.4. The van der Waals surface area contributed by atoms with Crippen molar-refractivity contribution in [2.75, 3.05) is 5.32 Å². The normalized spacial score (nSPS) is 21.0. The maximum Gasteiger partial charge on any atom is 0.326 e. The van der Waals surface area contributed by atoms with E-state index in [4.69, 9.17) is 28.6 Å². The molecule has 28 heavy (non-hydrogen) atoms. The summed E-state index contributed by atoms with van der Waals surface area (Å²) in [5, 5.41) is 22.9. The topological polar surface area (TPSA) is 119 Å². The highest BCUT2D eigenvalue weighted by atomic mass is 35.5. The average Bonchev–Trinajstić information content (AvgIpc) is 2.96. The summed E-state index contributed by atoms with van der Waals surface area (Å²) in [5.41, 5.74) is 0.169. The summed E-state index contributed by atoms with van der Waals surface area (Å²) in [6.45, 7) is 0. The molecule has 0 saturated carbocycles. The third-order valence-corrected chi connectivity index (χ3v) is 5.39. The molecule has 3 atom stereocenters. The first-order chi connectivity index (χ1) is 13.3. The Morgan fingerprint density at radius 1 is 1.29 bits per heavy atom. The van der Waals surface area contributed by atoms with E-state index in [2.05, 4.69) is 10.6 Å². The van der Waals surface area contributed by atoms with Gasteiger partial charge in [-0.25, -0.2) is 4.79 Å². The summed E-state index contributed by atoms with van der Waals surface area (Å²) in [7, 11) is 0. The van der Waals surface area contributed by atoms with Crippen molar-refractivity contribution in [3.8, 4) is 0 Å². The molecule has 9 heteroatoms. The van der Waals surface area contributed by atoms with Crippen LogP contribution in [0.2, 0.25) is 10.0 Å². The molecule has 0 fully saturated rings. The number of carboxylic acids is 1. The molecule has 1 aliphatic heterocycles. The molecule has 0 spiro atoms. The number of rotatable bonds is 6. The van der Waals surface area contributed by atoms with E-state index in [1.807, 2.05) is 24.3 Å². The van der Waals surface area contributed by atoms with Crippen molar-refractivity contribution in [1.29, 1.82) is 5.41 Å². The minimum absolute atomic E-state index is 0.0305.